The van der Waals surface area contributed by atoms with Crippen LogP contribution in [0.15, 0.2) is 24.5 Å². The first-order chi connectivity index (χ1) is 21.0. The van der Waals surface area contributed by atoms with E-state index in [1.807, 2.05) is 0 Å². The van der Waals surface area contributed by atoms with Crippen LogP contribution in [0.3, 0.4) is 0 Å². The number of aromatic nitrogens is 1. The molecule has 1 aliphatic heterocycles. The maximum absolute atomic E-state index is 13.8. The van der Waals surface area contributed by atoms with Crippen LogP contribution in [0.5, 0.6) is 0 Å². The van der Waals surface area contributed by atoms with Gasteiger partial charge in [0.2, 0.25) is 11.8 Å². The Morgan fingerprint density at radius 3 is 2.43 bits per heavy atom. The van der Waals surface area contributed by atoms with Gasteiger partial charge in [0, 0.05) is 25.4 Å². The number of amides is 3. The molecule has 3 saturated carbocycles. The number of unbranched alkanes of at least 4 members (excludes halogenated alkanes) is 6. The summed E-state index contributed by atoms with van der Waals surface area (Å²) in [6, 6.07) is 2.41. The van der Waals surface area contributed by atoms with Gasteiger partial charge in [-0.2, -0.15) is 0 Å². The second kappa shape index (κ2) is 15.2. The summed E-state index contributed by atoms with van der Waals surface area (Å²) in [6.07, 6.45) is 13.9. The number of carbonyl (C=O) groups excluding carboxylic acids is 3. The number of pyridine rings is 1. The minimum absolute atomic E-state index is 0.00656. The molecule has 10 heteroatoms. The lowest BCUT2D eigenvalue weighted by Gasteiger charge is -2.64. The summed E-state index contributed by atoms with van der Waals surface area (Å²) in [4.78, 5) is 43.6. The van der Waals surface area contributed by atoms with Crippen LogP contribution < -0.4 is 16.0 Å². The number of nitrogens with one attached hydrogen (secondary N) is 3. The van der Waals surface area contributed by atoms with Crippen molar-refractivity contribution >= 4 is 24.8 Å². The molecule has 0 aromatic carbocycles. The smallest absolute Gasteiger partial charge is 0.404 e. The molecule has 6 atom stereocenters. The summed E-state index contributed by atoms with van der Waals surface area (Å²) in [5.41, 5.74) is 0.228. The predicted octanol–water partition coefficient (Wildman–Crippen LogP) is 5.24. The van der Waals surface area contributed by atoms with E-state index in [2.05, 4.69) is 62.5 Å². The Morgan fingerprint density at radius 1 is 1.05 bits per heavy atom. The highest BCUT2D eigenvalue weighted by molar-refractivity contribution is 6.48. The quantitative estimate of drug-likeness (QED) is 0.164. The van der Waals surface area contributed by atoms with Crippen LogP contribution >= 0.6 is 0 Å². The van der Waals surface area contributed by atoms with Gasteiger partial charge in [0.15, 0.2) is 0 Å². The van der Waals surface area contributed by atoms with Crippen molar-refractivity contribution in [3.63, 3.8) is 0 Å². The summed E-state index contributed by atoms with van der Waals surface area (Å²) in [5.74, 6) is 0.0454. The molecule has 44 heavy (non-hydrogen) atoms. The molecule has 3 aliphatic carbocycles. The van der Waals surface area contributed by atoms with Crippen molar-refractivity contribution in [2.45, 2.75) is 136 Å². The van der Waals surface area contributed by atoms with Gasteiger partial charge in [0.1, 0.15) is 6.04 Å². The van der Waals surface area contributed by atoms with Gasteiger partial charge >= 0.3 is 7.12 Å². The van der Waals surface area contributed by atoms with Crippen molar-refractivity contribution < 1.29 is 23.7 Å². The fourth-order valence-electron chi connectivity index (χ4n) is 7.61. The highest BCUT2D eigenvalue weighted by Crippen LogP contribution is 2.65. The van der Waals surface area contributed by atoms with Crippen LogP contribution in [0.2, 0.25) is 0 Å². The Labute approximate surface area is 264 Å². The second-order valence-corrected chi connectivity index (χ2v) is 14.5. The Kier molecular flexibility index (Phi) is 11.9. The Hall–Kier alpha value is -2.46. The number of carbonyl (C=O) groups is 3. The van der Waals surface area contributed by atoms with Gasteiger partial charge in [-0.3, -0.25) is 19.4 Å². The van der Waals surface area contributed by atoms with Crippen molar-refractivity contribution in [2.75, 3.05) is 6.54 Å². The second-order valence-electron chi connectivity index (χ2n) is 14.5. The summed E-state index contributed by atoms with van der Waals surface area (Å²) in [6.45, 7) is 13.2. The minimum Gasteiger partial charge on any atom is -0.404 e. The number of hydrogen-bond donors (Lipinski definition) is 3. The average Bonchev–Trinajstić information content (AvgIpc) is 3.35. The summed E-state index contributed by atoms with van der Waals surface area (Å²) < 4.78 is 13.3. The van der Waals surface area contributed by atoms with Gasteiger partial charge in [-0.25, -0.2) is 0 Å². The minimum atomic E-state index is -0.937. The van der Waals surface area contributed by atoms with Crippen LogP contribution in [0.1, 0.15) is 123 Å². The first kappa shape index (κ1) is 34.4. The molecule has 4 aliphatic rings. The molecule has 4 fully saturated rings. The normalized spacial score (nSPS) is 26.3. The van der Waals surface area contributed by atoms with E-state index in [9.17, 15) is 14.4 Å². The van der Waals surface area contributed by atoms with Crippen LogP contribution in [0.25, 0.3) is 0 Å². The Balaban J connectivity index is 1.40. The number of nitrogens with zero attached hydrogens (tertiary/aromatic N) is 1. The lowest BCUT2D eigenvalue weighted by molar-refractivity contribution is -0.199. The topological polar surface area (TPSA) is 119 Å². The molecule has 0 unspecified atom stereocenters. The number of hydrogen-bond acceptors (Lipinski definition) is 6. The van der Waals surface area contributed by atoms with Gasteiger partial charge in [0.25, 0.3) is 5.91 Å². The maximum atomic E-state index is 13.8. The third-order valence-electron chi connectivity index (χ3n) is 10.4. The Bertz CT molecular complexity index is 1120. The van der Waals surface area contributed by atoms with Crippen molar-refractivity contribution in [2.24, 2.45) is 23.2 Å². The van der Waals surface area contributed by atoms with Crippen LogP contribution in [0, 0.1) is 23.2 Å². The van der Waals surface area contributed by atoms with E-state index in [0.29, 0.717) is 30.2 Å². The van der Waals surface area contributed by atoms with E-state index >= 15 is 0 Å². The van der Waals surface area contributed by atoms with Gasteiger partial charge in [-0.1, -0.05) is 73.1 Å². The SMILES string of the molecule is CCCCCCCCCC(=O)N[C@@H](CNC(=O)c1cccnc1)C(=O)N[C@@H](CC(C)C)B1O[C@@H]2C[C@H]3C[C@H](C3(C)C)[C@]2(C)O1. The molecular formula is C34H55BN4O5. The maximum Gasteiger partial charge on any atom is 0.481 e. The highest BCUT2D eigenvalue weighted by Gasteiger charge is 2.68. The van der Waals surface area contributed by atoms with Crippen molar-refractivity contribution in [1.82, 2.24) is 20.9 Å². The average molecular weight is 611 g/mol. The zero-order valence-corrected chi connectivity index (χ0v) is 27.8. The highest BCUT2D eigenvalue weighted by atomic mass is 16.7. The third-order valence-corrected chi connectivity index (χ3v) is 10.4. The van der Waals surface area contributed by atoms with Crippen molar-refractivity contribution in [3.8, 4) is 0 Å². The molecule has 244 valence electrons. The molecule has 1 aromatic heterocycles. The van der Waals surface area contributed by atoms with Gasteiger partial charge < -0.3 is 25.3 Å². The first-order valence-corrected chi connectivity index (χ1v) is 17.1. The summed E-state index contributed by atoms with van der Waals surface area (Å²) in [7, 11) is -0.569. The fraction of sp³-hybridized carbons (Fsp3) is 0.765. The van der Waals surface area contributed by atoms with Crippen molar-refractivity contribution in [3.05, 3.63) is 30.1 Å². The fourth-order valence-corrected chi connectivity index (χ4v) is 7.61. The van der Waals surface area contributed by atoms with Crippen LogP contribution in [-0.2, 0) is 18.9 Å². The van der Waals surface area contributed by atoms with E-state index in [1.165, 1.54) is 31.9 Å². The lowest BCUT2D eigenvalue weighted by atomic mass is 9.43. The zero-order valence-electron chi connectivity index (χ0n) is 27.8. The van der Waals surface area contributed by atoms with E-state index < -0.39 is 13.2 Å². The van der Waals surface area contributed by atoms with Crippen LogP contribution in [0.4, 0.5) is 0 Å². The van der Waals surface area contributed by atoms with Gasteiger partial charge in [-0.15, -0.1) is 0 Å². The third kappa shape index (κ3) is 8.22. The summed E-state index contributed by atoms with van der Waals surface area (Å²) in [5, 5.41) is 8.88. The van der Waals surface area contributed by atoms with E-state index in [0.717, 1.165) is 32.1 Å². The number of rotatable bonds is 17. The first-order valence-electron chi connectivity index (χ1n) is 17.1. The predicted molar refractivity (Wildman–Crippen MR) is 173 cm³/mol. The molecule has 2 bridgehead atoms. The van der Waals surface area contributed by atoms with E-state index in [1.54, 1.807) is 18.3 Å². The molecule has 0 radical (unpaired) electrons. The molecule has 3 N–H and O–H groups in total. The van der Waals surface area contributed by atoms with E-state index in [-0.39, 0.29) is 53.2 Å². The molecule has 1 aromatic rings. The van der Waals surface area contributed by atoms with Gasteiger partial charge in [0.05, 0.1) is 23.2 Å². The molecular weight excluding hydrogens is 555 g/mol. The van der Waals surface area contributed by atoms with Gasteiger partial charge in [-0.05, 0) is 67.9 Å². The van der Waals surface area contributed by atoms with E-state index in [4.69, 9.17) is 9.31 Å². The van der Waals surface area contributed by atoms with Crippen LogP contribution in [-0.4, -0.2) is 60.1 Å². The molecule has 3 amide bonds. The molecule has 5 rings (SSSR count). The standard InChI is InChI=1S/C34H55BN4O5/c1-7-8-9-10-11-12-13-16-30(40)38-26(22-37-31(41)24-15-14-17-36-21-24)32(42)39-29(18-23(2)3)35-43-28-20-25-19-27(33(25,4)5)34(28,6)44-35/h14-15,17,21,23,25-29H,7-13,16,18-20,22H2,1-6H3,(H,37,41)(H,38,40)(H,39,42)/t25-,26+,27-,28-,29+,34+/m1/s1. The molecule has 9 nitrogen and oxygen atoms in total. The molecule has 2 heterocycles. The molecule has 0 spiro atoms. The monoisotopic (exact) mass is 610 g/mol. The zero-order chi connectivity index (χ0) is 31.9. The summed E-state index contributed by atoms with van der Waals surface area (Å²) >= 11 is 0. The molecule has 1 saturated heterocycles. The lowest BCUT2D eigenvalue weighted by Crippen LogP contribution is -2.65. The Morgan fingerprint density at radius 2 is 1.77 bits per heavy atom. The van der Waals surface area contributed by atoms with Crippen molar-refractivity contribution in [1.29, 1.82) is 0 Å². The largest absolute Gasteiger partial charge is 0.481 e.